The molecule has 0 fully saturated rings. The van der Waals surface area contributed by atoms with Gasteiger partial charge in [0.05, 0.1) is 21.7 Å². The predicted molar refractivity (Wildman–Crippen MR) is 95.5 cm³/mol. The topological polar surface area (TPSA) is 79.5 Å². The number of rotatable bonds is 5. The number of thioether (sulfide) groups is 1. The molecule has 3 rings (SSSR count). The fraction of sp³-hybridized carbons (Fsp3) is 0.176. The van der Waals surface area contributed by atoms with Gasteiger partial charge < -0.3 is 10.2 Å². The van der Waals surface area contributed by atoms with Crippen molar-refractivity contribution in [2.75, 3.05) is 0 Å². The van der Waals surface area contributed by atoms with Crippen LogP contribution in [0, 0.1) is 12.7 Å². The third kappa shape index (κ3) is 3.54. The van der Waals surface area contributed by atoms with E-state index < -0.39 is 35.6 Å². The second-order valence-electron chi connectivity index (χ2n) is 5.60. The van der Waals surface area contributed by atoms with Gasteiger partial charge in [0.15, 0.2) is 11.6 Å². The van der Waals surface area contributed by atoms with E-state index >= 15 is 0 Å². The molecule has 0 aliphatic heterocycles. The minimum Gasteiger partial charge on any atom is -0.505 e. The predicted octanol–water partition coefficient (Wildman–Crippen LogP) is 4.49. The van der Waals surface area contributed by atoms with Crippen molar-refractivity contribution in [3.63, 3.8) is 0 Å². The van der Waals surface area contributed by atoms with Gasteiger partial charge in [-0.1, -0.05) is 0 Å². The molecule has 5 nitrogen and oxygen atoms in total. The summed E-state index contributed by atoms with van der Waals surface area (Å²) >= 11 is 1.29. The summed E-state index contributed by atoms with van der Waals surface area (Å²) in [5.74, 6) is -6.13. The van der Waals surface area contributed by atoms with E-state index in [2.05, 4.69) is 0 Å². The van der Waals surface area contributed by atoms with Crippen LogP contribution >= 0.6 is 23.1 Å². The van der Waals surface area contributed by atoms with Crippen molar-refractivity contribution in [2.24, 2.45) is 0 Å². The van der Waals surface area contributed by atoms with Crippen molar-refractivity contribution >= 4 is 45.9 Å². The molecule has 10 heteroatoms. The van der Waals surface area contributed by atoms with Gasteiger partial charge in [0.25, 0.3) is 11.7 Å². The second kappa shape index (κ2) is 7.28. The number of alkyl halides is 2. The van der Waals surface area contributed by atoms with Crippen LogP contribution in [-0.4, -0.2) is 32.4 Å². The van der Waals surface area contributed by atoms with Crippen LogP contribution in [0.15, 0.2) is 27.8 Å². The van der Waals surface area contributed by atoms with Gasteiger partial charge in [-0.15, -0.1) is 11.3 Å². The maximum atomic E-state index is 14.5. The number of phenols is 1. The molecule has 2 heterocycles. The molecule has 142 valence electrons. The van der Waals surface area contributed by atoms with Gasteiger partial charge in [0, 0.05) is 16.5 Å². The molecule has 0 bridgehead atoms. The number of carboxylic acid groups (broad SMARTS) is 1. The number of halogens is 3. The summed E-state index contributed by atoms with van der Waals surface area (Å²) in [5, 5.41) is 20.0. The summed E-state index contributed by atoms with van der Waals surface area (Å²) in [4.78, 5) is 24.1. The Kier molecular flexibility index (Phi) is 5.20. The zero-order valence-corrected chi connectivity index (χ0v) is 15.3. The van der Waals surface area contributed by atoms with Gasteiger partial charge in [0.1, 0.15) is 0 Å². The molecule has 0 spiro atoms. The Morgan fingerprint density at radius 1 is 1.33 bits per heavy atom. The average Bonchev–Trinajstić information content (AvgIpc) is 3.13. The van der Waals surface area contributed by atoms with Crippen LogP contribution in [0.1, 0.15) is 21.6 Å². The zero-order chi connectivity index (χ0) is 19.9. The van der Waals surface area contributed by atoms with Crippen LogP contribution in [0.3, 0.4) is 0 Å². The number of aliphatic carboxylic acids is 1. The van der Waals surface area contributed by atoms with Gasteiger partial charge in [-0.05, 0) is 42.4 Å². The molecule has 0 unspecified atom stereocenters. The van der Waals surface area contributed by atoms with Crippen LogP contribution in [0.2, 0.25) is 0 Å². The first kappa shape index (κ1) is 19.3. The van der Waals surface area contributed by atoms with E-state index in [1.54, 1.807) is 0 Å². The summed E-state index contributed by atoms with van der Waals surface area (Å²) in [6.07, 6.45) is -0.543. The van der Waals surface area contributed by atoms with E-state index in [4.69, 9.17) is 5.11 Å². The third-order valence-corrected chi connectivity index (χ3v) is 5.80. The Balaban J connectivity index is 2.18. The first-order valence-corrected chi connectivity index (χ1v) is 9.27. The maximum Gasteiger partial charge on any atom is 0.307 e. The van der Waals surface area contributed by atoms with Crippen LogP contribution in [0.5, 0.6) is 5.75 Å². The van der Waals surface area contributed by atoms with Crippen LogP contribution in [0.4, 0.5) is 13.2 Å². The molecule has 0 amide bonds. The van der Waals surface area contributed by atoms with E-state index in [1.165, 1.54) is 24.4 Å². The lowest BCUT2D eigenvalue weighted by Gasteiger charge is -2.06. The SMILES string of the molecule is Cc1c(CC(=O)O)c2c(F)c(O)ccc2n1C(=O)c1csc(SC(F)F)c1. The third-order valence-electron chi connectivity index (χ3n) is 3.97. The molecule has 27 heavy (non-hydrogen) atoms. The standard InChI is InChI=1S/C17H12F3NO4S2/c1-7-9(5-12(23)24)14-10(2-3-11(22)15(14)18)21(7)16(25)8-4-13(26-6-8)27-17(19)20/h2-4,6,17,22H,5H2,1H3,(H,23,24). The number of carbonyl (C=O) groups is 2. The van der Waals surface area contributed by atoms with Crippen molar-refractivity contribution in [1.29, 1.82) is 0 Å². The van der Waals surface area contributed by atoms with Gasteiger partial charge in [-0.25, -0.2) is 4.39 Å². The Bertz CT molecular complexity index is 1060. The number of fused-ring (bicyclic) bond motifs is 1. The van der Waals surface area contributed by atoms with Crippen molar-refractivity contribution in [3.8, 4) is 5.75 Å². The number of hydrogen-bond donors (Lipinski definition) is 2. The molecule has 2 N–H and O–H groups in total. The first-order chi connectivity index (χ1) is 12.7. The van der Waals surface area contributed by atoms with Gasteiger partial charge in [-0.2, -0.15) is 8.78 Å². The number of phenolic OH excluding ortho intramolecular Hbond substituents is 1. The first-order valence-electron chi connectivity index (χ1n) is 7.52. The number of carboxylic acids is 1. The molecule has 0 aliphatic rings. The molecule has 0 saturated heterocycles. The Morgan fingerprint density at radius 2 is 2.04 bits per heavy atom. The van der Waals surface area contributed by atoms with Crippen molar-refractivity contribution in [1.82, 2.24) is 4.57 Å². The highest BCUT2D eigenvalue weighted by atomic mass is 32.2. The lowest BCUT2D eigenvalue weighted by atomic mass is 10.1. The van der Waals surface area contributed by atoms with Gasteiger partial charge in [0.2, 0.25) is 0 Å². The molecular formula is C17H12F3NO4S2. The Labute approximate surface area is 159 Å². The van der Waals surface area contributed by atoms with Crippen LogP contribution < -0.4 is 0 Å². The lowest BCUT2D eigenvalue weighted by Crippen LogP contribution is -2.13. The number of carbonyl (C=O) groups excluding carboxylic acids is 1. The number of aromatic hydroxyl groups is 1. The smallest absolute Gasteiger partial charge is 0.307 e. The quantitative estimate of drug-likeness (QED) is 0.601. The fourth-order valence-electron chi connectivity index (χ4n) is 2.86. The summed E-state index contributed by atoms with van der Waals surface area (Å²) < 4.78 is 40.8. The van der Waals surface area contributed by atoms with E-state index in [-0.39, 0.29) is 31.9 Å². The highest BCUT2D eigenvalue weighted by Gasteiger charge is 2.25. The highest BCUT2D eigenvalue weighted by molar-refractivity contribution is 8.01. The Morgan fingerprint density at radius 3 is 2.67 bits per heavy atom. The van der Waals surface area contributed by atoms with Crippen molar-refractivity contribution in [3.05, 3.63) is 46.2 Å². The minimum atomic E-state index is -2.63. The largest absolute Gasteiger partial charge is 0.505 e. The average molecular weight is 415 g/mol. The molecule has 0 radical (unpaired) electrons. The Hall–Kier alpha value is -2.46. The molecule has 0 saturated carbocycles. The zero-order valence-electron chi connectivity index (χ0n) is 13.7. The van der Waals surface area contributed by atoms with Crippen molar-refractivity contribution < 1.29 is 33.0 Å². The number of aromatic nitrogens is 1. The number of nitrogens with zero attached hydrogens (tertiary/aromatic N) is 1. The normalized spacial score (nSPS) is 11.4. The van der Waals surface area contributed by atoms with Gasteiger partial charge >= 0.3 is 5.97 Å². The van der Waals surface area contributed by atoms with E-state index in [0.29, 0.717) is 11.8 Å². The molecule has 0 aliphatic carbocycles. The number of benzene rings is 1. The molecule has 1 aromatic carbocycles. The van der Waals surface area contributed by atoms with E-state index in [0.717, 1.165) is 22.0 Å². The van der Waals surface area contributed by atoms with E-state index in [9.17, 15) is 27.9 Å². The summed E-state index contributed by atoms with van der Waals surface area (Å²) in [5.41, 5.74) is 0.490. The second-order valence-corrected chi connectivity index (χ2v) is 7.80. The van der Waals surface area contributed by atoms with Crippen LogP contribution in [0.25, 0.3) is 10.9 Å². The molecule has 0 atom stereocenters. The molecule has 2 aromatic heterocycles. The minimum absolute atomic E-state index is 0.0664. The lowest BCUT2D eigenvalue weighted by molar-refractivity contribution is -0.136. The van der Waals surface area contributed by atoms with E-state index in [1.807, 2.05) is 0 Å². The monoisotopic (exact) mass is 415 g/mol. The highest BCUT2D eigenvalue weighted by Crippen LogP contribution is 2.35. The number of thiophene rings is 1. The molecular weight excluding hydrogens is 403 g/mol. The fourth-order valence-corrected chi connectivity index (χ4v) is 4.42. The number of hydrogen-bond acceptors (Lipinski definition) is 5. The van der Waals surface area contributed by atoms with Gasteiger partial charge in [-0.3, -0.25) is 14.2 Å². The van der Waals surface area contributed by atoms with Crippen LogP contribution in [-0.2, 0) is 11.2 Å². The molecule has 3 aromatic rings. The maximum absolute atomic E-state index is 14.5. The van der Waals surface area contributed by atoms with Crippen molar-refractivity contribution in [2.45, 2.75) is 23.3 Å². The summed E-state index contributed by atoms with van der Waals surface area (Å²) in [7, 11) is 0. The summed E-state index contributed by atoms with van der Waals surface area (Å²) in [6, 6.07) is 3.69. The summed E-state index contributed by atoms with van der Waals surface area (Å²) in [6.45, 7) is 1.47.